The Morgan fingerprint density at radius 1 is 0.829 bits per heavy atom. The molecule has 1 saturated heterocycles. The molecule has 9 nitrogen and oxygen atoms in total. The Morgan fingerprint density at radius 3 is 1.98 bits per heavy atom. The Bertz CT molecular complexity index is 1420. The Labute approximate surface area is 237 Å². The van der Waals surface area contributed by atoms with Crippen LogP contribution in [-0.2, 0) is 0 Å². The first-order valence-corrected chi connectivity index (χ1v) is 13.7. The summed E-state index contributed by atoms with van der Waals surface area (Å²) < 4.78 is 19.2. The summed E-state index contributed by atoms with van der Waals surface area (Å²) in [5.74, 6) is -0.354. The number of nitriles is 1. The summed E-state index contributed by atoms with van der Waals surface area (Å²) in [6, 6.07) is 17.7. The third kappa shape index (κ3) is 6.87. The molecule has 1 aromatic heterocycles. The van der Waals surface area contributed by atoms with E-state index >= 15 is 0 Å². The van der Waals surface area contributed by atoms with Crippen molar-refractivity contribution in [2.75, 3.05) is 26.2 Å². The number of halogens is 1. The molecule has 2 aromatic carbocycles. The van der Waals surface area contributed by atoms with Crippen molar-refractivity contribution in [1.82, 2.24) is 20.1 Å². The molecule has 2 fully saturated rings. The summed E-state index contributed by atoms with van der Waals surface area (Å²) in [7, 11) is 0. The maximum atomic E-state index is 13.2. The van der Waals surface area contributed by atoms with E-state index in [1.165, 1.54) is 30.5 Å². The third-order valence-electron chi connectivity index (χ3n) is 7.48. The van der Waals surface area contributed by atoms with Crippen LogP contribution in [0.15, 0.2) is 66.9 Å². The van der Waals surface area contributed by atoms with E-state index in [1.807, 2.05) is 0 Å². The van der Waals surface area contributed by atoms with Crippen LogP contribution in [0.1, 0.15) is 62.5 Å². The van der Waals surface area contributed by atoms with Gasteiger partial charge in [-0.2, -0.15) is 5.26 Å². The van der Waals surface area contributed by atoms with Gasteiger partial charge in [-0.25, -0.2) is 4.39 Å². The second-order valence-corrected chi connectivity index (χ2v) is 10.2. The Hall–Kier alpha value is -4.78. The van der Waals surface area contributed by atoms with Gasteiger partial charge >= 0.3 is 0 Å². The molecule has 3 aromatic rings. The van der Waals surface area contributed by atoms with E-state index in [2.05, 4.69) is 16.4 Å². The van der Waals surface area contributed by atoms with Gasteiger partial charge in [0, 0.05) is 44.0 Å². The van der Waals surface area contributed by atoms with E-state index in [0.717, 1.165) is 31.4 Å². The number of rotatable bonds is 6. The fraction of sp³-hybridized carbons (Fsp3) is 0.323. The van der Waals surface area contributed by atoms with Gasteiger partial charge in [0.05, 0.1) is 23.3 Å². The molecule has 10 heteroatoms. The number of aromatic nitrogens is 1. The molecule has 0 bridgehead atoms. The largest absolute Gasteiger partial charge is 0.490 e. The standard InChI is InChI=1S/C31H30FN5O4/c32-24-6-3-22(4-7-24)30(39)36-15-17-37(18-16-36)31(40)23-5-14-28(34-20-23)29(38)35-25-8-12-27(13-9-25)41-26-10-1-21(19-33)2-11-26/h1-7,10-11,14,20,25,27H,8-9,12-13,15-18H2,(H,35,38)/t25-,27-. The van der Waals surface area contributed by atoms with Crippen molar-refractivity contribution in [2.24, 2.45) is 0 Å². The van der Waals surface area contributed by atoms with Crippen LogP contribution in [0.2, 0.25) is 0 Å². The number of hydrogen-bond acceptors (Lipinski definition) is 6. The fourth-order valence-corrected chi connectivity index (χ4v) is 5.11. The summed E-state index contributed by atoms with van der Waals surface area (Å²) in [6.07, 6.45) is 4.62. The van der Waals surface area contributed by atoms with Crippen LogP contribution in [-0.4, -0.2) is 70.8 Å². The first kappa shape index (κ1) is 27.8. The molecule has 1 aliphatic heterocycles. The molecule has 0 atom stereocenters. The SMILES string of the molecule is N#Cc1ccc(O[C@H]2CC[C@H](NC(=O)c3ccc(C(=O)N4CCN(C(=O)c5ccc(F)cc5)CC4)cn3)CC2)cc1. The number of amides is 3. The molecule has 0 radical (unpaired) electrons. The molecule has 1 N–H and O–H groups in total. The second-order valence-electron chi connectivity index (χ2n) is 10.2. The van der Waals surface area contributed by atoms with E-state index in [0.29, 0.717) is 42.9 Å². The van der Waals surface area contributed by atoms with Gasteiger partial charge in [-0.15, -0.1) is 0 Å². The summed E-state index contributed by atoms with van der Waals surface area (Å²) in [5.41, 5.74) is 1.62. The third-order valence-corrected chi connectivity index (χ3v) is 7.48. The van der Waals surface area contributed by atoms with Crippen molar-refractivity contribution in [3.8, 4) is 11.8 Å². The summed E-state index contributed by atoms with van der Waals surface area (Å²) in [4.78, 5) is 46.0. The molecule has 1 saturated carbocycles. The van der Waals surface area contributed by atoms with Crippen molar-refractivity contribution in [2.45, 2.75) is 37.8 Å². The van der Waals surface area contributed by atoms with Crippen molar-refractivity contribution in [3.05, 3.63) is 95.1 Å². The van der Waals surface area contributed by atoms with Crippen LogP contribution >= 0.6 is 0 Å². The van der Waals surface area contributed by atoms with Crippen molar-refractivity contribution >= 4 is 17.7 Å². The molecule has 3 amide bonds. The summed E-state index contributed by atoms with van der Waals surface area (Å²) >= 11 is 0. The molecular formula is C31H30FN5O4. The van der Waals surface area contributed by atoms with Crippen LogP contribution in [0.5, 0.6) is 5.75 Å². The van der Waals surface area contributed by atoms with Gasteiger partial charge in [-0.1, -0.05) is 0 Å². The molecule has 0 unspecified atom stereocenters. The molecule has 2 heterocycles. The minimum Gasteiger partial charge on any atom is -0.490 e. The van der Waals surface area contributed by atoms with E-state index in [1.54, 1.807) is 46.2 Å². The molecule has 5 rings (SSSR count). The zero-order chi connectivity index (χ0) is 28.8. The number of carbonyl (C=O) groups excluding carboxylic acids is 3. The number of pyridine rings is 1. The average molecular weight is 556 g/mol. The summed E-state index contributed by atoms with van der Waals surface area (Å²) in [5, 5.41) is 12.0. The van der Waals surface area contributed by atoms with Gasteiger partial charge in [0.25, 0.3) is 17.7 Å². The highest BCUT2D eigenvalue weighted by molar-refractivity contribution is 5.97. The second kappa shape index (κ2) is 12.6. The number of nitrogens with zero attached hydrogens (tertiary/aromatic N) is 4. The Kier molecular flexibility index (Phi) is 8.53. The lowest BCUT2D eigenvalue weighted by Crippen LogP contribution is -2.50. The van der Waals surface area contributed by atoms with Gasteiger partial charge in [-0.3, -0.25) is 19.4 Å². The lowest BCUT2D eigenvalue weighted by molar-refractivity contribution is 0.0535. The topological polar surface area (TPSA) is 116 Å². The monoisotopic (exact) mass is 555 g/mol. The number of benzene rings is 2. The predicted molar refractivity (Wildman–Crippen MR) is 148 cm³/mol. The minimum atomic E-state index is -0.399. The van der Waals surface area contributed by atoms with Gasteiger partial charge in [-0.05, 0) is 86.3 Å². The van der Waals surface area contributed by atoms with Crippen molar-refractivity contribution in [1.29, 1.82) is 5.26 Å². The van der Waals surface area contributed by atoms with E-state index in [9.17, 15) is 18.8 Å². The summed E-state index contributed by atoms with van der Waals surface area (Å²) in [6.45, 7) is 1.48. The smallest absolute Gasteiger partial charge is 0.270 e. The highest BCUT2D eigenvalue weighted by Crippen LogP contribution is 2.24. The Balaban J connectivity index is 1.07. The lowest BCUT2D eigenvalue weighted by atomic mass is 9.92. The first-order valence-electron chi connectivity index (χ1n) is 13.7. The number of piperazine rings is 1. The van der Waals surface area contributed by atoms with Crippen LogP contribution in [0.3, 0.4) is 0 Å². The van der Waals surface area contributed by atoms with Crippen LogP contribution in [0, 0.1) is 17.1 Å². The van der Waals surface area contributed by atoms with Crippen molar-refractivity contribution < 1.29 is 23.5 Å². The molecule has 41 heavy (non-hydrogen) atoms. The zero-order valence-electron chi connectivity index (χ0n) is 22.5. The predicted octanol–water partition coefficient (Wildman–Crippen LogP) is 3.81. The van der Waals surface area contributed by atoms with E-state index in [4.69, 9.17) is 10.00 Å². The normalized spacial score (nSPS) is 18.7. The zero-order valence-corrected chi connectivity index (χ0v) is 22.5. The molecule has 210 valence electrons. The van der Waals surface area contributed by atoms with E-state index in [-0.39, 0.29) is 35.6 Å². The number of hydrogen-bond donors (Lipinski definition) is 1. The number of carbonyl (C=O) groups is 3. The average Bonchev–Trinajstić information content (AvgIpc) is 3.02. The Morgan fingerprint density at radius 2 is 1.41 bits per heavy atom. The van der Waals surface area contributed by atoms with Gasteiger partial charge in [0.2, 0.25) is 0 Å². The first-order chi connectivity index (χ1) is 19.9. The lowest BCUT2D eigenvalue weighted by Gasteiger charge is -2.34. The maximum Gasteiger partial charge on any atom is 0.270 e. The highest BCUT2D eigenvalue weighted by Gasteiger charge is 2.27. The number of ether oxygens (including phenoxy) is 1. The van der Waals surface area contributed by atoms with Crippen LogP contribution < -0.4 is 10.1 Å². The van der Waals surface area contributed by atoms with Gasteiger partial charge in [0.15, 0.2) is 0 Å². The minimum absolute atomic E-state index is 0.0142. The van der Waals surface area contributed by atoms with E-state index < -0.39 is 5.82 Å². The van der Waals surface area contributed by atoms with Gasteiger partial charge < -0.3 is 19.9 Å². The molecule has 1 aliphatic carbocycles. The quantitative estimate of drug-likeness (QED) is 0.495. The van der Waals surface area contributed by atoms with Crippen LogP contribution in [0.25, 0.3) is 0 Å². The molecular weight excluding hydrogens is 525 g/mol. The molecule has 2 aliphatic rings. The molecule has 0 spiro atoms. The highest BCUT2D eigenvalue weighted by atomic mass is 19.1. The van der Waals surface area contributed by atoms with Crippen LogP contribution in [0.4, 0.5) is 4.39 Å². The number of nitrogens with one attached hydrogen (secondary N) is 1. The van der Waals surface area contributed by atoms with Gasteiger partial charge in [0.1, 0.15) is 17.3 Å². The maximum absolute atomic E-state index is 13.2. The van der Waals surface area contributed by atoms with Crippen molar-refractivity contribution in [3.63, 3.8) is 0 Å². The fourth-order valence-electron chi connectivity index (χ4n) is 5.11.